The average molecular weight is 487 g/mol. The number of nitrogens with one attached hydrogen (secondary N) is 1. The van der Waals surface area contributed by atoms with Crippen molar-refractivity contribution < 1.29 is 9.59 Å². The van der Waals surface area contributed by atoms with Gasteiger partial charge in [0.25, 0.3) is 5.91 Å². The van der Waals surface area contributed by atoms with Crippen LogP contribution < -0.4 is 11.1 Å². The standard InChI is InChI=1S/C26H23ClN6O2/c1-14-7-23(28)32-15(2)19(14)11-31-26(35)20-13-33(25-24(20)22(34)5-6-29-25)12-16-3-4-21-17(8-16)9-18(27)10-30-21/h3-4,6-10,13H,5,11-12H2,1-2H3,(H2,28,32)(H,31,35). The maximum Gasteiger partial charge on any atom is 0.253 e. The van der Waals surface area contributed by atoms with Crippen LogP contribution in [-0.4, -0.2) is 32.4 Å². The summed E-state index contributed by atoms with van der Waals surface area (Å²) in [5, 5.41) is 4.41. The number of benzene rings is 1. The Morgan fingerprint density at radius 1 is 1.23 bits per heavy atom. The van der Waals surface area contributed by atoms with Crippen LogP contribution in [0.4, 0.5) is 11.6 Å². The molecule has 1 aliphatic rings. The SMILES string of the molecule is Cc1cc(N)nc(C)c1CNC(=O)c1cn(Cc2ccc3ncc(Cl)cc3c2)c2c1C(=O)CC=N2. The quantitative estimate of drug-likeness (QED) is 0.429. The molecule has 1 aliphatic heterocycles. The Bertz CT molecular complexity index is 1520. The summed E-state index contributed by atoms with van der Waals surface area (Å²) >= 11 is 6.10. The molecule has 0 bridgehead atoms. The number of hydrogen-bond acceptors (Lipinski definition) is 6. The Morgan fingerprint density at radius 3 is 2.86 bits per heavy atom. The highest BCUT2D eigenvalue weighted by Gasteiger charge is 2.27. The highest BCUT2D eigenvalue weighted by Crippen LogP contribution is 2.31. The van der Waals surface area contributed by atoms with E-state index in [2.05, 4.69) is 20.3 Å². The van der Waals surface area contributed by atoms with E-state index in [1.165, 1.54) is 0 Å². The lowest BCUT2D eigenvalue weighted by Gasteiger charge is -2.12. The second-order valence-corrected chi connectivity index (χ2v) is 9.04. The van der Waals surface area contributed by atoms with Crippen molar-refractivity contribution in [3.05, 3.63) is 81.3 Å². The molecule has 0 atom stereocenters. The maximum atomic E-state index is 13.2. The Hall–Kier alpha value is -4.04. The number of nitrogens with zero attached hydrogens (tertiary/aromatic N) is 4. The Balaban J connectivity index is 1.46. The van der Waals surface area contributed by atoms with Gasteiger partial charge in [0, 0.05) is 49.2 Å². The van der Waals surface area contributed by atoms with Crippen LogP contribution in [0.1, 0.15) is 49.5 Å². The first-order valence-corrected chi connectivity index (χ1v) is 11.5. The molecule has 0 saturated carbocycles. The molecule has 1 aromatic carbocycles. The Labute approximate surface area is 206 Å². The van der Waals surface area contributed by atoms with Crippen LogP contribution >= 0.6 is 11.6 Å². The number of aryl methyl sites for hydroxylation is 2. The van der Waals surface area contributed by atoms with E-state index < -0.39 is 0 Å². The fraction of sp³-hybridized carbons (Fsp3) is 0.192. The summed E-state index contributed by atoms with van der Waals surface area (Å²) < 4.78 is 1.83. The third-order valence-corrected chi connectivity index (χ3v) is 6.34. The normalized spacial score (nSPS) is 12.7. The lowest BCUT2D eigenvalue weighted by molar-refractivity contribution is 0.0935. The van der Waals surface area contributed by atoms with E-state index in [1.807, 2.05) is 42.7 Å². The lowest BCUT2D eigenvalue weighted by atomic mass is 10.0. The minimum absolute atomic E-state index is 0.130. The number of ketones is 1. The molecule has 5 rings (SSSR count). The minimum atomic E-state index is -0.337. The number of rotatable bonds is 5. The zero-order valence-corrected chi connectivity index (χ0v) is 20.1. The number of nitrogens with two attached hydrogens (primary N) is 1. The second-order valence-electron chi connectivity index (χ2n) is 8.60. The summed E-state index contributed by atoms with van der Waals surface area (Å²) in [6, 6.07) is 9.51. The van der Waals surface area contributed by atoms with Gasteiger partial charge in [0.05, 0.1) is 21.7 Å². The summed E-state index contributed by atoms with van der Waals surface area (Å²) in [5.74, 6) is 0.458. The molecule has 176 valence electrons. The van der Waals surface area contributed by atoms with E-state index in [4.69, 9.17) is 17.3 Å². The first-order valence-electron chi connectivity index (χ1n) is 11.1. The van der Waals surface area contributed by atoms with E-state index in [1.54, 1.807) is 24.7 Å². The van der Waals surface area contributed by atoms with Gasteiger partial charge in [-0.15, -0.1) is 0 Å². The van der Waals surface area contributed by atoms with Crippen molar-refractivity contribution in [2.24, 2.45) is 4.99 Å². The van der Waals surface area contributed by atoms with Gasteiger partial charge in [-0.3, -0.25) is 14.6 Å². The van der Waals surface area contributed by atoms with Gasteiger partial charge in [-0.25, -0.2) is 9.98 Å². The number of carbonyl (C=O) groups is 2. The molecule has 0 spiro atoms. The number of fused-ring (bicyclic) bond motifs is 2. The van der Waals surface area contributed by atoms with Gasteiger partial charge in [-0.05, 0) is 54.8 Å². The molecule has 0 saturated heterocycles. The van der Waals surface area contributed by atoms with E-state index in [9.17, 15) is 9.59 Å². The van der Waals surface area contributed by atoms with Gasteiger partial charge in [0.1, 0.15) is 11.6 Å². The van der Waals surface area contributed by atoms with E-state index in [-0.39, 0.29) is 24.7 Å². The zero-order chi connectivity index (χ0) is 24.7. The molecule has 0 fully saturated rings. The van der Waals surface area contributed by atoms with Gasteiger partial charge < -0.3 is 15.6 Å². The zero-order valence-electron chi connectivity index (χ0n) is 19.3. The first kappa shape index (κ1) is 22.7. The Morgan fingerprint density at radius 2 is 2.06 bits per heavy atom. The number of amides is 1. The van der Waals surface area contributed by atoms with Crippen LogP contribution in [0.2, 0.25) is 5.02 Å². The van der Waals surface area contributed by atoms with Crippen molar-refractivity contribution in [1.82, 2.24) is 19.9 Å². The van der Waals surface area contributed by atoms with Crippen LogP contribution in [0, 0.1) is 13.8 Å². The van der Waals surface area contributed by atoms with Crippen LogP contribution in [0.15, 0.2) is 47.7 Å². The van der Waals surface area contributed by atoms with Crippen LogP contribution in [0.5, 0.6) is 0 Å². The van der Waals surface area contributed by atoms with E-state index in [0.717, 1.165) is 33.3 Å². The summed E-state index contributed by atoms with van der Waals surface area (Å²) in [4.78, 5) is 39.0. The highest BCUT2D eigenvalue weighted by molar-refractivity contribution is 6.31. The molecular weight excluding hydrogens is 464 g/mol. The van der Waals surface area contributed by atoms with Crippen LogP contribution in [-0.2, 0) is 13.1 Å². The molecule has 0 unspecified atom stereocenters. The topological polar surface area (TPSA) is 115 Å². The molecule has 8 nitrogen and oxygen atoms in total. The summed E-state index contributed by atoms with van der Waals surface area (Å²) in [7, 11) is 0. The number of aliphatic imine (C=N–C) groups is 1. The molecule has 0 radical (unpaired) electrons. The highest BCUT2D eigenvalue weighted by atomic mass is 35.5. The van der Waals surface area contributed by atoms with Gasteiger partial charge in [-0.2, -0.15) is 0 Å². The predicted molar refractivity (Wildman–Crippen MR) is 137 cm³/mol. The second kappa shape index (κ2) is 8.96. The number of anilines is 1. The monoisotopic (exact) mass is 486 g/mol. The molecule has 4 aromatic rings. The van der Waals surface area contributed by atoms with Gasteiger partial charge >= 0.3 is 0 Å². The smallest absolute Gasteiger partial charge is 0.253 e. The molecule has 1 amide bonds. The van der Waals surface area contributed by atoms with Crippen molar-refractivity contribution in [1.29, 1.82) is 0 Å². The molecule has 0 aliphatic carbocycles. The fourth-order valence-electron chi connectivity index (χ4n) is 4.44. The van der Waals surface area contributed by atoms with E-state index >= 15 is 0 Å². The lowest BCUT2D eigenvalue weighted by Crippen LogP contribution is -2.25. The third kappa shape index (κ3) is 4.40. The fourth-order valence-corrected chi connectivity index (χ4v) is 4.60. The summed E-state index contributed by atoms with van der Waals surface area (Å²) in [5.41, 5.74) is 10.9. The van der Waals surface area contributed by atoms with Gasteiger partial charge in [0.15, 0.2) is 5.78 Å². The minimum Gasteiger partial charge on any atom is -0.384 e. The molecule has 3 aromatic heterocycles. The van der Waals surface area contributed by atoms with Gasteiger partial charge in [-0.1, -0.05) is 17.7 Å². The number of carbonyl (C=O) groups excluding carboxylic acids is 2. The van der Waals surface area contributed by atoms with Crippen molar-refractivity contribution in [3.63, 3.8) is 0 Å². The Kier molecular flexibility index (Phi) is 5.82. The van der Waals surface area contributed by atoms with Crippen molar-refractivity contribution in [2.45, 2.75) is 33.4 Å². The first-order chi connectivity index (χ1) is 16.8. The number of pyridine rings is 2. The van der Waals surface area contributed by atoms with Crippen molar-refractivity contribution in [2.75, 3.05) is 5.73 Å². The number of Topliss-reactive ketones (excluding diaryl/α,β-unsaturated/α-hetero) is 1. The molecule has 9 heteroatoms. The molecule has 4 heterocycles. The third-order valence-electron chi connectivity index (χ3n) is 6.13. The number of nitrogen functional groups attached to an aromatic ring is 1. The van der Waals surface area contributed by atoms with Crippen molar-refractivity contribution >= 4 is 52.0 Å². The number of aromatic nitrogens is 3. The van der Waals surface area contributed by atoms with Crippen LogP contribution in [0.25, 0.3) is 10.9 Å². The van der Waals surface area contributed by atoms with Gasteiger partial charge in [0.2, 0.25) is 0 Å². The number of hydrogen-bond donors (Lipinski definition) is 2. The number of halogens is 1. The molecule has 35 heavy (non-hydrogen) atoms. The van der Waals surface area contributed by atoms with E-state index in [0.29, 0.717) is 34.3 Å². The average Bonchev–Trinajstić information content (AvgIpc) is 3.17. The summed E-state index contributed by atoms with van der Waals surface area (Å²) in [6.45, 7) is 4.49. The van der Waals surface area contributed by atoms with Crippen molar-refractivity contribution in [3.8, 4) is 0 Å². The molecular formula is C26H23ClN6O2. The summed E-state index contributed by atoms with van der Waals surface area (Å²) in [6.07, 6.45) is 5.06. The predicted octanol–water partition coefficient (Wildman–Crippen LogP) is 4.55. The van der Waals surface area contributed by atoms with Crippen LogP contribution in [0.3, 0.4) is 0 Å². The maximum absolute atomic E-state index is 13.2. The largest absolute Gasteiger partial charge is 0.384 e. The molecule has 3 N–H and O–H groups in total.